The van der Waals surface area contributed by atoms with Crippen LogP contribution in [0.5, 0.6) is 0 Å². The third kappa shape index (κ3) is 4.32. The van der Waals surface area contributed by atoms with Gasteiger partial charge < -0.3 is 20.9 Å². The zero-order valence-electron chi connectivity index (χ0n) is 15.5. The molecule has 3 heterocycles. The maximum atomic E-state index is 12.5. The van der Waals surface area contributed by atoms with E-state index in [1.807, 2.05) is 30.3 Å². The van der Waals surface area contributed by atoms with Gasteiger partial charge in [0.05, 0.1) is 11.9 Å². The number of carbonyl (C=O) groups is 2. The molecule has 1 aromatic carbocycles. The number of rotatable bonds is 4. The number of pyridine rings is 1. The summed E-state index contributed by atoms with van der Waals surface area (Å²) in [7, 11) is 0. The fraction of sp³-hybridized carbons (Fsp3) is 0.211. The van der Waals surface area contributed by atoms with Gasteiger partial charge in [-0.15, -0.1) is 0 Å². The van der Waals surface area contributed by atoms with Crippen molar-refractivity contribution in [3.05, 3.63) is 54.4 Å². The van der Waals surface area contributed by atoms with Gasteiger partial charge in [-0.05, 0) is 12.1 Å². The van der Waals surface area contributed by atoms with Crippen molar-refractivity contribution in [2.24, 2.45) is 5.73 Å². The van der Waals surface area contributed by atoms with E-state index >= 15 is 0 Å². The Kier molecular flexibility index (Phi) is 5.34. The second-order valence-electron chi connectivity index (χ2n) is 6.47. The van der Waals surface area contributed by atoms with Crippen LogP contribution in [0.3, 0.4) is 0 Å². The van der Waals surface area contributed by atoms with Crippen molar-refractivity contribution in [3.8, 4) is 11.4 Å². The van der Waals surface area contributed by atoms with E-state index in [4.69, 9.17) is 5.73 Å². The van der Waals surface area contributed by atoms with Gasteiger partial charge in [-0.25, -0.2) is 9.78 Å². The molecule has 3 amide bonds. The molecule has 0 radical (unpaired) electrons. The van der Waals surface area contributed by atoms with Crippen LogP contribution in [0.2, 0.25) is 0 Å². The van der Waals surface area contributed by atoms with Gasteiger partial charge >= 0.3 is 6.03 Å². The number of nitrogens with zero attached hydrogens (tertiary/aromatic N) is 5. The maximum absolute atomic E-state index is 12.5. The summed E-state index contributed by atoms with van der Waals surface area (Å²) in [4.78, 5) is 36.0. The molecule has 10 heteroatoms. The van der Waals surface area contributed by atoms with Gasteiger partial charge in [-0.2, -0.15) is 9.36 Å². The Hall–Kier alpha value is -3.53. The molecule has 0 atom stereocenters. The average molecular weight is 409 g/mol. The van der Waals surface area contributed by atoms with Crippen LogP contribution in [0.25, 0.3) is 11.4 Å². The summed E-state index contributed by atoms with van der Waals surface area (Å²) in [5.41, 5.74) is 6.83. The third-order valence-electron chi connectivity index (χ3n) is 4.55. The molecule has 3 N–H and O–H groups in total. The van der Waals surface area contributed by atoms with Gasteiger partial charge in [-0.3, -0.25) is 4.79 Å². The number of nitrogens with one attached hydrogen (secondary N) is 1. The molecule has 1 aliphatic heterocycles. The van der Waals surface area contributed by atoms with Crippen molar-refractivity contribution >= 4 is 34.3 Å². The lowest BCUT2D eigenvalue weighted by molar-refractivity contribution is 0.0995. The number of urea groups is 1. The summed E-state index contributed by atoms with van der Waals surface area (Å²) in [6.07, 6.45) is 1.42. The van der Waals surface area contributed by atoms with Crippen LogP contribution < -0.4 is 16.0 Å². The molecular weight excluding hydrogens is 390 g/mol. The number of amides is 3. The molecule has 1 aliphatic rings. The van der Waals surface area contributed by atoms with Crippen molar-refractivity contribution in [2.75, 3.05) is 36.4 Å². The van der Waals surface area contributed by atoms with Crippen molar-refractivity contribution in [1.29, 1.82) is 0 Å². The highest BCUT2D eigenvalue weighted by atomic mass is 32.1. The Bertz CT molecular complexity index is 999. The lowest BCUT2D eigenvalue weighted by atomic mass is 10.2. The largest absolute Gasteiger partial charge is 0.364 e. The minimum absolute atomic E-state index is 0.156. The molecule has 0 spiro atoms. The van der Waals surface area contributed by atoms with E-state index in [0.29, 0.717) is 31.9 Å². The summed E-state index contributed by atoms with van der Waals surface area (Å²) in [5, 5.41) is 3.64. The minimum atomic E-state index is -0.605. The number of hydrogen-bond donors (Lipinski definition) is 2. The van der Waals surface area contributed by atoms with Gasteiger partial charge in [0.15, 0.2) is 5.82 Å². The Morgan fingerprint density at radius 2 is 1.79 bits per heavy atom. The maximum Gasteiger partial charge on any atom is 0.322 e. The molecule has 0 unspecified atom stereocenters. The molecule has 0 bridgehead atoms. The van der Waals surface area contributed by atoms with Crippen LogP contribution in [0.4, 0.5) is 15.6 Å². The molecule has 1 fully saturated rings. The first-order chi connectivity index (χ1) is 14.1. The number of hydrogen-bond acceptors (Lipinski definition) is 7. The zero-order chi connectivity index (χ0) is 20.2. The highest BCUT2D eigenvalue weighted by Gasteiger charge is 2.23. The van der Waals surface area contributed by atoms with E-state index < -0.39 is 5.91 Å². The van der Waals surface area contributed by atoms with Crippen molar-refractivity contribution in [2.45, 2.75) is 0 Å². The Morgan fingerprint density at radius 1 is 1.03 bits per heavy atom. The van der Waals surface area contributed by atoms with Crippen LogP contribution >= 0.6 is 11.5 Å². The molecule has 4 rings (SSSR count). The van der Waals surface area contributed by atoms with Gasteiger partial charge in [-0.1, -0.05) is 30.3 Å². The second-order valence-corrected chi connectivity index (χ2v) is 7.20. The number of piperazine rings is 1. The average Bonchev–Trinajstić information content (AvgIpc) is 3.25. The summed E-state index contributed by atoms with van der Waals surface area (Å²) >= 11 is 1.37. The Balaban J connectivity index is 1.33. The predicted octanol–water partition coefficient (Wildman–Crippen LogP) is 2.05. The third-order valence-corrected chi connectivity index (χ3v) is 5.33. The van der Waals surface area contributed by atoms with Gasteiger partial charge in [0, 0.05) is 43.3 Å². The van der Waals surface area contributed by atoms with Gasteiger partial charge in [0.25, 0.3) is 5.91 Å². The topological polar surface area (TPSA) is 117 Å². The number of carbonyl (C=O) groups excluding carboxylic acids is 2. The Labute approximate surface area is 171 Å². The zero-order valence-corrected chi connectivity index (χ0v) is 16.3. The van der Waals surface area contributed by atoms with Crippen molar-refractivity contribution in [1.82, 2.24) is 19.2 Å². The summed E-state index contributed by atoms with van der Waals surface area (Å²) in [5.74, 6) is 0.115. The second kappa shape index (κ2) is 8.23. The molecule has 29 heavy (non-hydrogen) atoms. The molecule has 1 saturated heterocycles. The molecule has 0 aliphatic carbocycles. The van der Waals surface area contributed by atoms with Crippen molar-refractivity contribution < 1.29 is 9.59 Å². The molecular formula is C19H19N7O2S. The monoisotopic (exact) mass is 409 g/mol. The van der Waals surface area contributed by atoms with Gasteiger partial charge in [0.2, 0.25) is 5.13 Å². The quantitative estimate of drug-likeness (QED) is 0.681. The lowest BCUT2D eigenvalue weighted by Gasteiger charge is -2.34. The molecule has 2 aromatic heterocycles. The lowest BCUT2D eigenvalue weighted by Crippen LogP contribution is -2.50. The Morgan fingerprint density at radius 3 is 2.45 bits per heavy atom. The molecule has 0 saturated carbocycles. The van der Waals surface area contributed by atoms with Crippen LogP contribution in [0, 0.1) is 0 Å². The normalized spacial score (nSPS) is 13.9. The highest BCUT2D eigenvalue weighted by molar-refractivity contribution is 7.09. The van der Waals surface area contributed by atoms with Crippen LogP contribution in [0.15, 0.2) is 48.7 Å². The fourth-order valence-corrected chi connectivity index (χ4v) is 3.71. The number of aromatic nitrogens is 3. The fourth-order valence-electron chi connectivity index (χ4n) is 2.97. The van der Waals surface area contributed by atoms with E-state index in [2.05, 4.69) is 24.6 Å². The first-order valence-corrected chi connectivity index (χ1v) is 9.83. The van der Waals surface area contributed by atoms with E-state index in [1.54, 1.807) is 11.0 Å². The van der Waals surface area contributed by atoms with Crippen LogP contribution in [0.1, 0.15) is 10.5 Å². The summed E-state index contributed by atoms with van der Waals surface area (Å²) in [6.45, 7) is 2.49. The van der Waals surface area contributed by atoms with Crippen LogP contribution in [-0.2, 0) is 0 Å². The molecule has 3 aromatic rings. The number of benzene rings is 1. The molecule has 9 nitrogen and oxygen atoms in total. The van der Waals surface area contributed by atoms with E-state index in [9.17, 15) is 9.59 Å². The predicted molar refractivity (Wildman–Crippen MR) is 111 cm³/mol. The number of nitrogens with two attached hydrogens (primary N) is 1. The van der Waals surface area contributed by atoms with E-state index in [1.165, 1.54) is 23.8 Å². The SMILES string of the molecule is NC(=O)c1ccc(NC(=O)N2CCN(c3nc(-c4ccccc4)ns3)CC2)cn1. The first kappa shape index (κ1) is 18.8. The van der Waals surface area contributed by atoms with Crippen molar-refractivity contribution in [3.63, 3.8) is 0 Å². The highest BCUT2D eigenvalue weighted by Crippen LogP contribution is 2.24. The smallest absolute Gasteiger partial charge is 0.322 e. The number of anilines is 2. The summed E-state index contributed by atoms with van der Waals surface area (Å²) < 4.78 is 4.45. The minimum Gasteiger partial charge on any atom is -0.364 e. The standard InChI is InChI=1S/C19H19N7O2S/c20-16(27)15-7-6-14(12-21-15)22-18(28)25-8-10-26(11-9-25)19-23-17(24-29-19)13-4-2-1-3-5-13/h1-7,12H,8-11H2,(H2,20,27)(H,22,28). The number of primary amides is 1. The summed E-state index contributed by atoms with van der Waals surface area (Å²) in [6, 6.07) is 12.7. The molecule has 148 valence electrons. The van der Waals surface area contributed by atoms with Crippen LogP contribution in [-0.4, -0.2) is 57.4 Å². The van der Waals surface area contributed by atoms with E-state index in [-0.39, 0.29) is 11.7 Å². The van der Waals surface area contributed by atoms with E-state index in [0.717, 1.165) is 16.5 Å². The first-order valence-electron chi connectivity index (χ1n) is 9.06. The van der Waals surface area contributed by atoms with Gasteiger partial charge in [0.1, 0.15) is 5.69 Å².